The zero-order valence-corrected chi connectivity index (χ0v) is 15.5. The molecule has 0 spiro atoms. The number of urea groups is 1. The third kappa shape index (κ3) is 4.26. The molecule has 1 saturated heterocycles. The molecule has 2 fully saturated rings. The number of hydrogen-bond acceptors (Lipinski definition) is 4. The van der Waals surface area contributed by atoms with Gasteiger partial charge in [-0.1, -0.05) is 20.8 Å². The van der Waals surface area contributed by atoms with Gasteiger partial charge in [0.05, 0.1) is 17.4 Å². The second kappa shape index (κ2) is 6.70. The van der Waals surface area contributed by atoms with Gasteiger partial charge >= 0.3 is 6.03 Å². The molecule has 1 aromatic heterocycles. The molecule has 6 nitrogen and oxygen atoms in total. The average molecular weight is 350 g/mol. The van der Waals surface area contributed by atoms with Gasteiger partial charge in [-0.15, -0.1) is 11.3 Å². The number of hydrogen-bond donors (Lipinski definition) is 1. The van der Waals surface area contributed by atoms with E-state index in [0.29, 0.717) is 19.1 Å². The fourth-order valence-electron chi connectivity index (χ4n) is 2.66. The maximum Gasteiger partial charge on any atom is 0.319 e. The number of thiazole rings is 1. The third-order valence-corrected chi connectivity index (χ3v) is 5.33. The zero-order valence-electron chi connectivity index (χ0n) is 14.7. The van der Waals surface area contributed by atoms with Gasteiger partial charge in [-0.2, -0.15) is 0 Å². The molecular formula is C17H26N4O2S. The lowest BCUT2D eigenvalue weighted by Crippen LogP contribution is -2.40. The van der Waals surface area contributed by atoms with Crippen LogP contribution in [0, 0.1) is 5.92 Å². The Morgan fingerprint density at radius 3 is 2.79 bits per heavy atom. The van der Waals surface area contributed by atoms with E-state index in [2.05, 4.69) is 36.5 Å². The van der Waals surface area contributed by atoms with Gasteiger partial charge in [-0.3, -0.25) is 9.69 Å². The number of amides is 3. The normalized spacial score (nSPS) is 18.4. The molecule has 1 aliphatic carbocycles. The Bertz CT molecular complexity index is 618. The highest BCUT2D eigenvalue weighted by molar-refractivity contribution is 7.09. The summed E-state index contributed by atoms with van der Waals surface area (Å²) in [5, 5.41) is 6.03. The van der Waals surface area contributed by atoms with Gasteiger partial charge in [-0.05, 0) is 18.8 Å². The van der Waals surface area contributed by atoms with Crippen molar-refractivity contribution >= 4 is 23.3 Å². The summed E-state index contributed by atoms with van der Waals surface area (Å²) in [6.45, 7) is 8.40. The van der Waals surface area contributed by atoms with E-state index in [0.717, 1.165) is 23.7 Å². The highest BCUT2D eigenvalue weighted by Gasteiger charge is 2.34. The van der Waals surface area contributed by atoms with E-state index in [4.69, 9.17) is 0 Å². The summed E-state index contributed by atoms with van der Waals surface area (Å²) in [5.74, 6) is 0.714. The third-order valence-electron chi connectivity index (χ3n) is 4.42. The Labute approximate surface area is 147 Å². The van der Waals surface area contributed by atoms with E-state index in [-0.39, 0.29) is 23.9 Å². The van der Waals surface area contributed by atoms with Gasteiger partial charge in [0.2, 0.25) is 5.91 Å². The van der Waals surface area contributed by atoms with Gasteiger partial charge < -0.3 is 10.2 Å². The first-order valence-corrected chi connectivity index (χ1v) is 9.46. The topological polar surface area (TPSA) is 65.5 Å². The summed E-state index contributed by atoms with van der Waals surface area (Å²) in [4.78, 5) is 32.2. The SMILES string of the molecule is CC(C)(C)c1csc(CCNC(=O)N2CC(=O)N(CC3CC3)C2)n1. The second-order valence-corrected chi connectivity index (χ2v) is 8.70. The van der Waals surface area contributed by atoms with Gasteiger partial charge in [0, 0.05) is 30.3 Å². The number of nitrogens with one attached hydrogen (secondary N) is 1. The van der Waals surface area contributed by atoms with Crippen LogP contribution in [0.2, 0.25) is 0 Å². The largest absolute Gasteiger partial charge is 0.338 e. The lowest BCUT2D eigenvalue weighted by atomic mass is 9.93. The summed E-state index contributed by atoms with van der Waals surface area (Å²) >= 11 is 1.64. The van der Waals surface area contributed by atoms with Crippen LogP contribution in [0.3, 0.4) is 0 Å². The molecule has 132 valence electrons. The lowest BCUT2D eigenvalue weighted by molar-refractivity contribution is -0.126. The number of aromatic nitrogens is 1. The van der Waals surface area contributed by atoms with Crippen molar-refractivity contribution in [3.63, 3.8) is 0 Å². The Kier molecular flexibility index (Phi) is 4.80. The first-order chi connectivity index (χ1) is 11.3. The molecule has 3 rings (SSSR count). The molecule has 7 heteroatoms. The summed E-state index contributed by atoms with van der Waals surface area (Å²) in [6.07, 6.45) is 3.14. The van der Waals surface area contributed by atoms with E-state index < -0.39 is 0 Å². The van der Waals surface area contributed by atoms with Crippen molar-refractivity contribution in [3.05, 3.63) is 16.1 Å². The molecule has 24 heavy (non-hydrogen) atoms. The predicted molar refractivity (Wildman–Crippen MR) is 93.9 cm³/mol. The van der Waals surface area contributed by atoms with Crippen LogP contribution < -0.4 is 5.32 Å². The zero-order chi connectivity index (χ0) is 17.3. The minimum Gasteiger partial charge on any atom is -0.338 e. The first kappa shape index (κ1) is 17.2. The fourth-order valence-corrected chi connectivity index (χ4v) is 3.69. The Morgan fingerprint density at radius 1 is 1.42 bits per heavy atom. The standard InChI is InChI=1S/C17H26N4O2S/c1-17(2,3)13-10-24-14(19-13)6-7-18-16(23)21-9-15(22)20(11-21)8-12-4-5-12/h10,12H,4-9,11H2,1-3H3,(H,18,23). The van der Waals surface area contributed by atoms with Gasteiger partial charge in [-0.25, -0.2) is 9.78 Å². The molecule has 0 aromatic carbocycles. The molecule has 0 atom stereocenters. The van der Waals surface area contributed by atoms with Crippen molar-refractivity contribution < 1.29 is 9.59 Å². The van der Waals surface area contributed by atoms with Crippen LogP contribution in [0.15, 0.2) is 5.38 Å². The number of rotatable bonds is 5. The van der Waals surface area contributed by atoms with Crippen molar-refractivity contribution in [1.29, 1.82) is 0 Å². The molecule has 1 aromatic rings. The number of carbonyl (C=O) groups excluding carboxylic acids is 2. The fraction of sp³-hybridized carbons (Fsp3) is 0.706. The predicted octanol–water partition coefficient (Wildman–Crippen LogP) is 2.20. The van der Waals surface area contributed by atoms with Gasteiger partial charge in [0.15, 0.2) is 0 Å². The van der Waals surface area contributed by atoms with Crippen molar-refractivity contribution in [1.82, 2.24) is 20.1 Å². The average Bonchev–Trinajstić information content (AvgIpc) is 3.04. The van der Waals surface area contributed by atoms with Crippen LogP contribution in [0.5, 0.6) is 0 Å². The molecular weight excluding hydrogens is 324 g/mol. The van der Waals surface area contributed by atoms with E-state index >= 15 is 0 Å². The van der Waals surface area contributed by atoms with Gasteiger partial charge in [0.25, 0.3) is 0 Å². The van der Waals surface area contributed by atoms with Crippen LogP contribution in [0.25, 0.3) is 0 Å². The molecule has 2 heterocycles. The van der Waals surface area contributed by atoms with E-state index in [9.17, 15) is 9.59 Å². The molecule has 1 saturated carbocycles. The van der Waals surface area contributed by atoms with Crippen LogP contribution in [0.4, 0.5) is 4.79 Å². The smallest absolute Gasteiger partial charge is 0.319 e. The van der Waals surface area contributed by atoms with Crippen molar-refractivity contribution in [3.8, 4) is 0 Å². The molecule has 3 amide bonds. The van der Waals surface area contributed by atoms with Gasteiger partial charge in [0.1, 0.15) is 6.54 Å². The second-order valence-electron chi connectivity index (χ2n) is 7.76. The number of carbonyl (C=O) groups is 2. The maximum absolute atomic E-state index is 12.2. The highest BCUT2D eigenvalue weighted by atomic mass is 32.1. The summed E-state index contributed by atoms with van der Waals surface area (Å²) in [6, 6.07) is -0.158. The van der Waals surface area contributed by atoms with Crippen LogP contribution in [-0.2, 0) is 16.6 Å². The summed E-state index contributed by atoms with van der Waals surface area (Å²) in [7, 11) is 0. The van der Waals surface area contributed by atoms with Crippen LogP contribution >= 0.6 is 11.3 Å². The maximum atomic E-state index is 12.2. The first-order valence-electron chi connectivity index (χ1n) is 8.58. The molecule has 2 aliphatic rings. The van der Waals surface area contributed by atoms with E-state index in [1.807, 2.05) is 0 Å². The lowest BCUT2D eigenvalue weighted by Gasteiger charge is -2.18. The molecule has 1 aliphatic heterocycles. The minimum atomic E-state index is -0.158. The Balaban J connectivity index is 1.42. The molecule has 0 unspecified atom stereocenters. The van der Waals surface area contributed by atoms with E-state index in [1.54, 1.807) is 21.1 Å². The molecule has 1 N–H and O–H groups in total. The quantitative estimate of drug-likeness (QED) is 0.885. The minimum absolute atomic E-state index is 0.0545. The Hall–Kier alpha value is -1.63. The van der Waals surface area contributed by atoms with Crippen molar-refractivity contribution in [2.45, 2.75) is 45.4 Å². The molecule has 0 radical (unpaired) electrons. The monoisotopic (exact) mass is 350 g/mol. The Morgan fingerprint density at radius 2 is 2.17 bits per heavy atom. The summed E-state index contributed by atoms with van der Waals surface area (Å²) < 4.78 is 0. The van der Waals surface area contributed by atoms with Crippen molar-refractivity contribution in [2.75, 3.05) is 26.3 Å². The number of nitrogens with zero attached hydrogens (tertiary/aromatic N) is 3. The molecule has 0 bridgehead atoms. The summed E-state index contributed by atoms with van der Waals surface area (Å²) in [5.41, 5.74) is 1.15. The van der Waals surface area contributed by atoms with Crippen molar-refractivity contribution in [2.24, 2.45) is 5.92 Å². The van der Waals surface area contributed by atoms with Crippen LogP contribution in [0.1, 0.15) is 44.3 Å². The van der Waals surface area contributed by atoms with E-state index in [1.165, 1.54) is 12.8 Å². The van der Waals surface area contributed by atoms with Crippen LogP contribution in [-0.4, -0.2) is 53.0 Å². The highest BCUT2D eigenvalue weighted by Crippen LogP contribution is 2.30.